The number of carbonyl (C=O) groups excluding carboxylic acids is 1. The van der Waals surface area contributed by atoms with Gasteiger partial charge >= 0.3 is 0 Å². The summed E-state index contributed by atoms with van der Waals surface area (Å²) in [6.45, 7) is 2.20. The Hall–Kier alpha value is -1.77. The molecule has 0 unspecified atom stereocenters. The molecule has 0 aromatic heterocycles. The summed E-state index contributed by atoms with van der Waals surface area (Å²) in [5.41, 5.74) is 7.36. The zero-order chi connectivity index (χ0) is 11.4. The highest BCUT2D eigenvalue weighted by Gasteiger charge is 2.13. The highest BCUT2D eigenvalue weighted by Crippen LogP contribution is 2.25. The standard InChI is InChI=1S/C13H16N2O/c14-13(16)8-7-11-5-1-2-6-12(11)15-9-3-4-10-15/h1-2,5-8H,3-4,9-10H2,(H2,14,16). The van der Waals surface area contributed by atoms with Crippen molar-refractivity contribution in [3.05, 3.63) is 35.9 Å². The maximum atomic E-state index is 10.7. The zero-order valence-corrected chi connectivity index (χ0v) is 9.23. The maximum Gasteiger partial charge on any atom is 0.241 e. The van der Waals surface area contributed by atoms with Gasteiger partial charge in [0.05, 0.1) is 0 Å². The monoisotopic (exact) mass is 216 g/mol. The van der Waals surface area contributed by atoms with Crippen molar-refractivity contribution >= 4 is 17.7 Å². The average molecular weight is 216 g/mol. The van der Waals surface area contributed by atoms with E-state index in [-0.39, 0.29) is 0 Å². The lowest BCUT2D eigenvalue weighted by Gasteiger charge is -2.19. The van der Waals surface area contributed by atoms with Crippen LogP contribution in [0.15, 0.2) is 30.3 Å². The van der Waals surface area contributed by atoms with Crippen molar-refractivity contribution < 1.29 is 4.79 Å². The number of hydrogen-bond acceptors (Lipinski definition) is 2. The summed E-state index contributed by atoms with van der Waals surface area (Å²) in [4.78, 5) is 13.1. The molecule has 1 saturated heterocycles. The molecule has 0 radical (unpaired) electrons. The minimum absolute atomic E-state index is 0.406. The third-order valence-corrected chi connectivity index (χ3v) is 2.81. The predicted octanol–water partition coefficient (Wildman–Crippen LogP) is 1.79. The minimum atomic E-state index is -0.406. The van der Waals surface area contributed by atoms with Crippen LogP contribution in [0.5, 0.6) is 0 Å². The number of para-hydroxylation sites is 1. The molecule has 1 aliphatic heterocycles. The van der Waals surface area contributed by atoms with Gasteiger partial charge in [0.15, 0.2) is 0 Å². The average Bonchev–Trinajstić information content (AvgIpc) is 2.80. The molecule has 0 bridgehead atoms. The number of primary amides is 1. The van der Waals surface area contributed by atoms with Gasteiger partial charge in [-0.2, -0.15) is 0 Å². The van der Waals surface area contributed by atoms with Crippen LogP contribution in [0.1, 0.15) is 18.4 Å². The molecule has 3 heteroatoms. The Bertz CT molecular complexity index is 406. The molecule has 1 aromatic carbocycles. The third-order valence-electron chi connectivity index (χ3n) is 2.81. The number of benzene rings is 1. The summed E-state index contributed by atoms with van der Waals surface area (Å²) >= 11 is 0. The van der Waals surface area contributed by atoms with Crippen LogP contribution in [-0.4, -0.2) is 19.0 Å². The van der Waals surface area contributed by atoms with Crippen molar-refractivity contribution in [2.24, 2.45) is 5.73 Å². The first-order chi connectivity index (χ1) is 7.77. The van der Waals surface area contributed by atoms with Crippen LogP contribution < -0.4 is 10.6 Å². The Morgan fingerprint density at radius 3 is 2.62 bits per heavy atom. The molecule has 0 spiro atoms. The van der Waals surface area contributed by atoms with Gasteiger partial charge in [0.1, 0.15) is 0 Å². The fourth-order valence-electron chi connectivity index (χ4n) is 2.05. The van der Waals surface area contributed by atoms with Crippen molar-refractivity contribution in [2.75, 3.05) is 18.0 Å². The van der Waals surface area contributed by atoms with E-state index in [1.54, 1.807) is 6.08 Å². The molecule has 84 valence electrons. The highest BCUT2D eigenvalue weighted by molar-refractivity contribution is 5.91. The Balaban J connectivity index is 2.26. The molecule has 2 N–H and O–H groups in total. The second-order valence-electron chi connectivity index (χ2n) is 3.99. The first-order valence-electron chi connectivity index (χ1n) is 5.59. The van der Waals surface area contributed by atoms with Crippen LogP contribution in [0.4, 0.5) is 5.69 Å². The van der Waals surface area contributed by atoms with E-state index in [4.69, 9.17) is 5.73 Å². The molecular formula is C13H16N2O. The Kier molecular flexibility index (Phi) is 3.25. The van der Waals surface area contributed by atoms with Crippen LogP contribution in [0.2, 0.25) is 0 Å². The summed E-state index contributed by atoms with van der Waals surface area (Å²) in [6, 6.07) is 8.09. The smallest absolute Gasteiger partial charge is 0.241 e. The van der Waals surface area contributed by atoms with Gasteiger partial charge in [0.25, 0.3) is 0 Å². The number of nitrogens with two attached hydrogens (primary N) is 1. The summed E-state index contributed by atoms with van der Waals surface area (Å²) in [7, 11) is 0. The number of carbonyl (C=O) groups is 1. The van der Waals surface area contributed by atoms with E-state index in [9.17, 15) is 4.79 Å². The lowest BCUT2D eigenvalue weighted by atomic mass is 10.1. The van der Waals surface area contributed by atoms with Crippen LogP contribution in [-0.2, 0) is 4.79 Å². The van der Waals surface area contributed by atoms with Crippen molar-refractivity contribution in [2.45, 2.75) is 12.8 Å². The van der Waals surface area contributed by atoms with Gasteiger partial charge in [0, 0.05) is 24.9 Å². The molecule has 16 heavy (non-hydrogen) atoms. The molecular weight excluding hydrogens is 200 g/mol. The number of amides is 1. The summed E-state index contributed by atoms with van der Waals surface area (Å²) in [6.07, 6.45) is 5.69. The second-order valence-corrected chi connectivity index (χ2v) is 3.99. The number of hydrogen-bond donors (Lipinski definition) is 1. The first-order valence-corrected chi connectivity index (χ1v) is 5.59. The molecule has 1 aliphatic rings. The van der Waals surface area contributed by atoms with Crippen LogP contribution >= 0.6 is 0 Å². The van der Waals surface area contributed by atoms with E-state index < -0.39 is 5.91 Å². The quantitative estimate of drug-likeness (QED) is 0.783. The number of nitrogens with zero attached hydrogens (tertiary/aromatic N) is 1. The van der Waals surface area contributed by atoms with E-state index in [0.717, 1.165) is 18.7 Å². The molecule has 0 atom stereocenters. The molecule has 1 heterocycles. The van der Waals surface area contributed by atoms with Crippen LogP contribution in [0.25, 0.3) is 6.08 Å². The predicted molar refractivity (Wildman–Crippen MR) is 66.1 cm³/mol. The van der Waals surface area contributed by atoms with Gasteiger partial charge in [-0.05, 0) is 30.5 Å². The maximum absolute atomic E-state index is 10.7. The van der Waals surface area contributed by atoms with E-state index in [1.165, 1.54) is 24.6 Å². The van der Waals surface area contributed by atoms with E-state index in [2.05, 4.69) is 11.0 Å². The fourth-order valence-corrected chi connectivity index (χ4v) is 2.05. The number of anilines is 1. The zero-order valence-electron chi connectivity index (χ0n) is 9.23. The van der Waals surface area contributed by atoms with Gasteiger partial charge < -0.3 is 10.6 Å². The van der Waals surface area contributed by atoms with Crippen molar-refractivity contribution in [1.29, 1.82) is 0 Å². The van der Waals surface area contributed by atoms with Crippen LogP contribution in [0, 0.1) is 0 Å². The third kappa shape index (κ3) is 2.42. The van der Waals surface area contributed by atoms with Crippen molar-refractivity contribution in [1.82, 2.24) is 0 Å². The molecule has 3 nitrogen and oxygen atoms in total. The Labute approximate surface area is 95.6 Å². The van der Waals surface area contributed by atoms with Gasteiger partial charge in [0.2, 0.25) is 5.91 Å². The van der Waals surface area contributed by atoms with Gasteiger partial charge in [-0.15, -0.1) is 0 Å². The molecule has 0 aliphatic carbocycles. The van der Waals surface area contributed by atoms with Gasteiger partial charge in [-0.3, -0.25) is 4.79 Å². The SMILES string of the molecule is NC(=O)C=Cc1ccccc1N1CCCC1. The van der Waals surface area contributed by atoms with Gasteiger partial charge in [-0.25, -0.2) is 0 Å². The number of rotatable bonds is 3. The molecule has 2 rings (SSSR count). The van der Waals surface area contributed by atoms with Crippen molar-refractivity contribution in [3.8, 4) is 0 Å². The highest BCUT2D eigenvalue weighted by atomic mass is 16.1. The fraction of sp³-hybridized carbons (Fsp3) is 0.308. The second kappa shape index (κ2) is 4.84. The largest absolute Gasteiger partial charge is 0.371 e. The Morgan fingerprint density at radius 2 is 1.94 bits per heavy atom. The molecule has 1 aromatic rings. The minimum Gasteiger partial charge on any atom is -0.371 e. The van der Waals surface area contributed by atoms with E-state index in [0.29, 0.717) is 0 Å². The normalized spacial score (nSPS) is 15.9. The molecule has 1 fully saturated rings. The lowest BCUT2D eigenvalue weighted by molar-refractivity contribution is -0.113. The van der Waals surface area contributed by atoms with Crippen molar-refractivity contribution in [3.63, 3.8) is 0 Å². The van der Waals surface area contributed by atoms with Crippen LogP contribution in [0.3, 0.4) is 0 Å². The summed E-state index contributed by atoms with van der Waals surface area (Å²) < 4.78 is 0. The topological polar surface area (TPSA) is 46.3 Å². The first kappa shape index (κ1) is 10.7. The molecule has 1 amide bonds. The van der Waals surface area contributed by atoms with Gasteiger partial charge in [-0.1, -0.05) is 18.2 Å². The lowest BCUT2D eigenvalue weighted by Crippen LogP contribution is -2.18. The molecule has 0 saturated carbocycles. The summed E-state index contributed by atoms with van der Waals surface area (Å²) in [5.74, 6) is -0.406. The van der Waals surface area contributed by atoms with E-state index in [1.807, 2.05) is 18.2 Å². The Morgan fingerprint density at radius 1 is 1.25 bits per heavy atom. The van der Waals surface area contributed by atoms with E-state index >= 15 is 0 Å². The summed E-state index contributed by atoms with van der Waals surface area (Å²) in [5, 5.41) is 0.